The third-order valence-electron chi connectivity index (χ3n) is 3.68. The third kappa shape index (κ3) is 4.68. The van der Waals surface area contributed by atoms with Crippen molar-refractivity contribution in [2.75, 3.05) is 6.54 Å². The first-order chi connectivity index (χ1) is 9.34. The van der Waals surface area contributed by atoms with Crippen molar-refractivity contribution in [3.8, 4) is 0 Å². The molecule has 1 aromatic carbocycles. The Labute approximate surface area is 130 Å². The average Bonchev–Trinajstić information content (AvgIpc) is 2.44. The molecule has 1 aromatic rings. The van der Waals surface area contributed by atoms with Gasteiger partial charge in [-0.05, 0) is 25.3 Å². The van der Waals surface area contributed by atoms with E-state index in [1.165, 1.54) is 6.07 Å². The van der Waals surface area contributed by atoms with Crippen molar-refractivity contribution in [3.05, 3.63) is 39.4 Å². The van der Waals surface area contributed by atoms with Crippen LogP contribution in [0.2, 0.25) is 0 Å². The number of hydrogen-bond acceptors (Lipinski definition) is 4. The zero-order valence-corrected chi connectivity index (χ0v) is 13.3. The molecule has 0 aliphatic carbocycles. The molecule has 0 saturated carbocycles. The van der Waals surface area contributed by atoms with Crippen molar-refractivity contribution >= 4 is 24.0 Å². The number of rotatable bonds is 6. The lowest BCUT2D eigenvalue weighted by molar-refractivity contribution is -0.385. The van der Waals surface area contributed by atoms with E-state index in [1.807, 2.05) is 13.8 Å². The Morgan fingerprint density at radius 3 is 2.43 bits per heavy atom. The molecule has 0 spiro atoms. The van der Waals surface area contributed by atoms with E-state index in [0.29, 0.717) is 12.1 Å². The van der Waals surface area contributed by atoms with Crippen molar-refractivity contribution in [2.45, 2.75) is 39.2 Å². The first kappa shape index (κ1) is 19.3. The second-order valence-corrected chi connectivity index (χ2v) is 4.98. The molecule has 3 N–H and O–H groups in total. The fourth-order valence-corrected chi connectivity index (χ4v) is 1.94. The van der Waals surface area contributed by atoms with E-state index in [2.05, 4.69) is 5.32 Å². The maximum absolute atomic E-state index is 12.2. The molecule has 0 bridgehead atoms. The van der Waals surface area contributed by atoms with Gasteiger partial charge in [-0.25, -0.2) is 0 Å². The van der Waals surface area contributed by atoms with Crippen molar-refractivity contribution in [2.24, 2.45) is 5.73 Å². The molecule has 6 nitrogen and oxygen atoms in total. The van der Waals surface area contributed by atoms with E-state index in [1.54, 1.807) is 19.1 Å². The first-order valence-corrected chi connectivity index (χ1v) is 6.65. The summed E-state index contributed by atoms with van der Waals surface area (Å²) in [7, 11) is 0. The molecular formula is C14H22ClN3O3. The number of carbonyl (C=O) groups excluding carboxylic acids is 1. The minimum Gasteiger partial charge on any atom is -0.350 e. The topological polar surface area (TPSA) is 98.3 Å². The molecule has 0 fully saturated rings. The Morgan fingerprint density at radius 1 is 1.38 bits per heavy atom. The minimum atomic E-state index is -0.544. The summed E-state index contributed by atoms with van der Waals surface area (Å²) >= 11 is 0. The van der Waals surface area contributed by atoms with Crippen LogP contribution in [0.25, 0.3) is 0 Å². The molecule has 0 saturated heterocycles. The number of nitrogens with one attached hydrogen (secondary N) is 1. The first-order valence-electron chi connectivity index (χ1n) is 6.65. The van der Waals surface area contributed by atoms with Gasteiger partial charge in [0, 0.05) is 18.2 Å². The van der Waals surface area contributed by atoms with Crippen molar-refractivity contribution < 1.29 is 9.72 Å². The predicted octanol–water partition coefficient (Wildman–Crippen LogP) is 2.57. The largest absolute Gasteiger partial charge is 0.350 e. The van der Waals surface area contributed by atoms with Crippen LogP contribution < -0.4 is 11.1 Å². The van der Waals surface area contributed by atoms with E-state index >= 15 is 0 Å². The number of aryl methyl sites for hydroxylation is 1. The smallest absolute Gasteiger partial charge is 0.282 e. The monoisotopic (exact) mass is 315 g/mol. The number of benzene rings is 1. The Bertz CT molecular complexity index is 516. The summed E-state index contributed by atoms with van der Waals surface area (Å²) in [6.07, 6.45) is 1.44. The number of nitro groups is 1. The molecule has 0 radical (unpaired) electrons. The molecule has 118 valence electrons. The zero-order chi connectivity index (χ0) is 15.3. The van der Waals surface area contributed by atoms with Crippen LogP contribution in [-0.4, -0.2) is 22.9 Å². The van der Waals surface area contributed by atoms with Crippen molar-refractivity contribution in [1.82, 2.24) is 5.32 Å². The number of amides is 1. The number of nitro benzene ring substituents is 1. The number of carbonyl (C=O) groups is 1. The van der Waals surface area contributed by atoms with Crippen LogP contribution >= 0.6 is 12.4 Å². The van der Waals surface area contributed by atoms with Crippen molar-refractivity contribution in [1.29, 1.82) is 0 Å². The summed E-state index contributed by atoms with van der Waals surface area (Å²) in [6, 6.07) is 4.57. The van der Waals surface area contributed by atoms with Crippen molar-refractivity contribution in [3.63, 3.8) is 0 Å². The lowest BCUT2D eigenvalue weighted by Crippen LogP contribution is -2.49. The van der Waals surface area contributed by atoms with Crippen LogP contribution in [0.5, 0.6) is 0 Å². The highest BCUT2D eigenvalue weighted by Gasteiger charge is 2.25. The normalized spacial score (nSPS) is 10.7. The second-order valence-electron chi connectivity index (χ2n) is 4.98. The quantitative estimate of drug-likeness (QED) is 0.622. The fraction of sp³-hybridized carbons (Fsp3) is 0.500. The molecule has 1 amide bonds. The minimum absolute atomic E-state index is 0. The maximum atomic E-state index is 12.2. The van der Waals surface area contributed by atoms with Crippen LogP contribution in [0.15, 0.2) is 18.2 Å². The Balaban J connectivity index is 0.00000400. The van der Waals surface area contributed by atoms with Gasteiger partial charge in [0.15, 0.2) is 0 Å². The highest BCUT2D eigenvalue weighted by Crippen LogP contribution is 2.22. The highest BCUT2D eigenvalue weighted by molar-refractivity contribution is 5.99. The summed E-state index contributed by atoms with van der Waals surface area (Å²) in [5.41, 5.74) is 6.13. The Kier molecular flexibility index (Phi) is 7.32. The summed E-state index contributed by atoms with van der Waals surface area (Å²) in [6.45, 7) is 5.87. The van der Waals surface area contributed by atoms with Gasteiger partial charge < -0.3 is 11.1 Å². The van der Waals surface area contributed by atoms with Crippen LogP contribution in [0.1, 0.15) is 42.6 Å². The second kappa shape index (κ2) is 7.95. The lowest BCUT2D eigenvalue weighted by Gasteiger charge is -2.26. The average molecular weight is 316 g/mol. The van der Waals surface area contributed by atoms with Crippen LogP contribution in [0, 0.1) is 17.0 Å². The van der Waals surface area contributed by atoms with Gasteiger partial charge in [0.2, 0.25) is 0 Å². The van der Waals surface area contributed by atoms with Gasteiger partial charge in [0.25, 0.3) is 11.6 Å². The number of halogens is 1. The van der Waals surface area contributed by atoms with E-state index in [9.17, 15) is 14.9 Å². The standard InChI is InChI=1S/C14H21N3O3.ClH/c1-4-14(15,5-2)9-16-13(18)12-10(3)7-6-8-11(12)17(19)20;/h6-8H,4-5,9,15H2,1-3H3,(H,16,18);1H. The summed E-state index contributed by atoms with van der Waals surface area (Å²) in [5.74, 6) is -0.452. The van der Waals surface area contributed by atoms with Crippen LogP contribution in [-0.2, 0) is 0 Å². The molecule has 7 heteroatoms. The van der Waals surface area contributed by atoms with E-state index in [0.717, 1.165) is 12.8 Å². The number of hydrogen-bond donors (Lipinski definition) is 2. The van der Waals surface area contributed by atoms with Crippen LogP contribution in [0.4, 0.5) is 5.69 Å². The molecule has 0 atom stereocenters. The molecule has 0 aromatic heterocycles. The number of nitrogens with zero attached hydrogens (tertiary/aromatic N) is 1. The zero-order valence-electron chi connectivity index (χ0n) is 12.5. The van der Waals surface area contributed by atoms with E-state index < -0.39 is 16.4 Å². The summed E-state index contributed by atoms with van der Waals surface area (Å²) in [5, 5.41) is 13.7. The van der Waals surface area contributed by atoms with Gasteiger partial charge in [-0.1, -0.05) is 26.0 Å². The molecule has 0 unspecified atom stereocenters. The molecule has 0 heterocycles. The van der Waals surface area contributed by atoms with Gasteiger partial charge in [-0.3, -0.25) is 14.9 Å². The maximum Gasteiger partial charge on any atom is 0.282 e. The molecule has 21 heavy (non-hydrogen) atoms. The molecule has 1 rings (SSSR count). The van der Waals surface area contributed by atoms with E-state index in [4.69, 9.17) is 5.73 Å². The summed E-state index contributed by atoms with van der Waals surface area (Å²) < 4.78 is 0. The van der Waals surface area contributed by atoms with Gasteiger partial charge in [0.05, 0.1) is 4.92 Å². The Morgan fingerprint density at radius 2 is 1.95 bits per heavy atom. The molecule has 0 aliphatic heterocycles. The fourth-order valence-electron chi connectivity index (χ4n) is 1.94. The molecular weight excluding hydrogens is 294 g/mol. The van der Waals surface area contributed by atoms with Gasteiger partial charge in [-0.15, -0.1) is 12.4 Å². The van der Waals surface area contributed by atoms with Gasteiger partial charge in [-0.2, -0.15) is 0 Å². The van der Waals surface area contributed by atoms with E-state index in [-0.39, 0.29) is 23.7 Å². The van der Waals surface area contributed by atoms with Gasteiger partial charge >= 0.3 is 0 Å². The SMILES string of the molecule is CCC(N)(CC)CNC(=O)c1c(C)cccc1[N+](=O)[O-].Cl. The Hall–Kier alpha value is -1.66. The number of nitrogens with two attached hydrogens (primary N) is 1. The van der Waals surface area contributed by atoms with Gasteiger partial charge in [0.1, 0.15) is 5.56 Å². The molecule has 0 aliphatic rings. The van der Waals surface area contributed by atoms with Crippen LogP contribution in [0.3, 0.4) is 0 Å². The highest BCUT2D eigenvalue weighted by atomic mass is 35.5. The summed E-state index contributed by atoms with van der Waals surface area (Å²) in [4.78, 5) is 22.6. The lowest BCUT2D eigenvalue weighted by atomic mass is 9.94. The third-order valence-corrected chi connectivity index (χ3v) is 3.68. The predicted molar refractivity (Wildman–Crippen MR) is 84.9 cm³/mol.